The summed E-state index contributed by atoms with van der Waals surface area (Å²) in [5, 5.41) is 4.57. The van der Waals surface area contributed by atoms with Gasteiger partial charge in [0.15, 0.2) is 0 Å². The quantitative estimate of drug-likeness (QED) is 0.0242. The van der Waals surface area contributed by atoms with Crippen molar-refractivity contribution in [2.24, 2.45) is 0 Å². The summed E-state index contributed by atoms with van der Waals surface area (Å²) in [5.74, 6) is -3.77. The van der Waals surface area contributed by atoms with Crippen molar-refractivity contribution < 1.29 is 99.0 Å². The third-order valence-electron chi connectivity index (χ3n) is 6.19. The maximum atomic E-state index is 12.3. The number of ether oxygens (including phenoxy) is 6. The molecule has 2 amide bonds. The third-order valence-corrected chi connectivity index (χ3v) is 8.16. The number of urea groups is 1. The lowest BCUT2D eigenvalue weighted by atomic mass is 10.3. The Labute approximate surface area is 324 Å². The lowest BCUT2D eigenvalue weighted by Crippen LogP contribution is -2.38. The van der Waals surface area contributed by atoms with Gasteiger partial charge in [-0.15, -0.1) is 0 Å². The molecule has 0 aromatic carbocycles. The smallest absolute Gasteiger partial charge is 0.463 e. The molecule has 25 heteroatoms. The molecule has 6 atom stereocenters. The van der Waals surface area contributed by atoms with Crippen LogP contribution >= 0.6 is 15.6 Å². The minimum absolute atomic E-state index is 0.0664. The lowest BCUT2D eigenvalue weighted by Gasteiger charge is -2.20. The first-order valence-electron chi connectivity index (χ1n) is 17.2. The van der Waals surface area contributed by atoms with Crippen LogP contribution in [0.3, 0.4) is 0 Å². The molecule has 0 saturated heterocycles. The van der Waals surface area contributed by atoms with Gasteiger partial charge in [-0.05, 0) is 27.7 Å². The molecule has 0 aromatic heterocycles. The largest absolute Gasteiger partial charge is 0.472 e. The molecule has 0 aliphatic heterocycles. The molecule has 2 unspecified atom stereocenters. The summed E-state index contributed by atoms with van der Waals surface area (Å²) in [6, 6.07) is -0.824. The van der Waals surface area contributed by atoms with Crippen molar-refractivity contribution in [3.8, 4) is 0 Å². The fourth-order valence-corrected chi connectivity index (χ4v) is 5.35. The molecule has 56 heavy (non-hydrogen) atoms. The highest BCUT2D eigenvalue weighted by molar-refractivity contribution is 7.47. The van der Waals surface area contributed by atoms with Gasteiger partial charge in [0, 0.05) is 39.8 Å². The van der Waals surface area contributed by atoms with Crippen LogP contribution in [-0.4, -0.2) is 142 Å². The van der Waals surface area contributed by atoms with Crippen molar-refractivity contribution in [3.05, 3.63) is 0 Å². The van der Waals surface area contributed by atoms with Gasteiger partial charge >= 0.3 is 45.6 Å². The highest BCUT2D eigenvalue weighted by Gasteiger charge is 2.27. The Hall–Kier alpha value is -3.37. The topological polar surface area (TPSA) is 310 Å². The third kappa shape index (κ3) is 31.8. The normalized spacial score (nSPS) is 15.4. The van der Waals surface area contributed by atoms with Gasteiger partial charge in [-0.3, -0.25) is 46.9 Å². The summed E-state index contributed by atoms with van der Waals surface area (Å²) in [5.41, 5.74) is 0. The van der Waals surface area contributed by atoms with Gasteiger partial charge in [0.2, 0.25) is 0 Å². The molecule has 0 bridgehead atoms. The number of Topliss-reactive ketones (excluding diaryl/α,β-unsaturated/α-hetero) is 2. The van der Waals surface area contributed by atoms with Gasteiger partial charge in [0.25, 0.3) is 0 Å². The molecule has 0 aliphatic carbocycles. The number of hydrogen-bond acceptors (Lipinski definition) is 19. The van der Waals surface area contributed by atoms with E-state index in [0.29, 0.717) is 12.8 Å². The molecule has 4 N–H and O–H groups in total. The van der Waals surface area contributed by atoms with E-state index in [4.69, 9.17) is 46.5 Å². The first-order chi connectivity index (χ1) is 26.1. The second kappa shape index (κ2) is 28.9. The number of esters is 4. The Morgan fingerprint density at radius 3 is 1.21 bits per heavy atom. The molecule has 23 nitrogen and oxygen atoms in total. The molecule has 0 rings (SSSR count). The van der Waals surface area contributed by atoms with Gasteiger partial charge < -0.3 is 48.8 Å². The van der Waals surface area contributed by atoms with Crippen molar-refractivity contribution in [1.29, 1.82) is 0 Å². The Bertz CT molecular complexity index is 1270. The van der Waals surface area contributed by atoms with Crippen LogP contribution in [0.5, 0.6) is 0 Å². The van der Waals surface area contributed by atoms with Crippen LogP contribution < -0.4 is 10.6 Å². The number of amides is 2. The molecule has 0 fully saturated rings. The van der Waals surface area contributed by atoms with E-state index >= 15 is 0 Å². The molecular formula is C31H54N2O21P2. The number of carbonyl (C=O) groups excluding carboxylic acids is 7. The Kier molecular flexibility index (Phi) is 27.2. The molecule has 0 spiro atoms. The van der Waals surface area contributed by atoms with E-state index in [9.17, 15) is 52.5 Å². The standard InChI is InChI=1S/C31H54N2O21P2/c1-21(34)15-29(38)53-27(17-45-11-7-23(3)51-25(5)36)19-49-55(41,42)47-13-9-32-31(40)33-10-14-48-56(43,44)50-20-28(54-30(39)16-22(2)35)18-46-12-8-24(4)52-26(6)37/h23-24,27-28H,7-20H2,1-6H3,(H,41,42)(H,43,44)(H2,32,33,40)/t23-,24-,27-,28-/m1/s1. The Morgan fingerprint density at radius 1 is 0.536 bits per heavy atom. The summed E-state index contributed by atoms with van der Waals surface area (Å²) >= 11 is 0. The minimum Gasteiger partial charge on any atom is -0.463 e. The first kappa shape index (κ1) is 52.6. The second-order valence-electron chi connectivity index (χ2n) is 11.9. The van der Waals surface area contributed by atoms with Crippen molar-refractivity contribution in [2.75, 3.05) is 65.9 Å². The minimum atomic E-state index is -4.74. The van der Waals surface area contributed by atoms with Crippen molar-refractivity contribution in [1.82, 2.24) is 10.6 Å². The van der Waals surface area contributed by atoms with Gasteiger partial charge in [0.1, 0.15) is 48.8 Å². The summed E-state index contributed by atoms with van der Waals surface area (Å²) in [6.45, 7) is 4.64. The van der Waals surface area contributed by atoms with Crippen LogP contribution in [0.15, 0.2) is 0 Å². The summed E-state index contributed by atoms with van der Waals surface area (Å²) in [4.78, 5) is 100. The Balaban J connectivity index is 4.66. The highest BCUT2D eigenvalue weighted by atomic mass is 31.2. The Morgan fingerprint density at radius 2 is 0.893 bits per heavy atom. The molecule has 0 radical (unpaired) electrons. The number of hydrogen-bond donors (Lipinski definition) is 4. The van der Waals surface area contributed by atoms with E-state index in [1.54, 1.807) is 13.8 Å². The van der Waals surface area contributed by atoms with E-state index in [1.165, 1.54) is 27.7 Å². The van der Waals surface area contributed by atoms with Crippen LogP contribution in [0.25, 0.3) is 0 Å². The van der Waals surface area contributed by atoms with Crippen LogP contribution in [-0.2, 0) is 84.4 Å². The fourth-order valence-electron chi connectivity index (χ4n) is 3.85. The van der Waals surface area contributed by atoms with Gasteiger partial charge in [-0.25, -0.2) is 13.9 Å². The van der Waals surface area contributed by atoms with Crippen LogP contribution in [0, 0.1) is 0 Å². The van der Waals surface area contributed by atoms with Crippen molar-refractivity contribution >= 4 is 57.1 Å². The average molecular weight is 853 g/mol. The van der Waals surface area contributed by atoms with Crippen LogP contribution in [0.4, 0.5) is 4.79 Å². The van der Waals surface area contributed by atoms with E-state index in [2.05, 4.69) is 10.6 Å². The summed E-state index contributed by atoms with van der Waals surface area (Å²) in [7, 11) is -9.48. The van der Waals surface area contributed by atoms with Crippen molar-refractivity contribution in [2.45, 2.75) is 91.6 Å². The van der Waals surface area contributed by atoms with E-state index in [-0.39, 0.29) is 39.5 Å². The summed E-state index contributed by atoms with van der Waals surface area (Å²) in [6.07, 6.45) is -3.87. The lowest BCUT2D eigenvalue weighted by molar-refractivity contribution is -0.157. The van der Waals surface area contributed by atoms with Gasteiger partial charge in [0.05, 0.1) is 52.9 Å². The molecule has 0 saturated carbocycles. The monoisotopic (exact) mass is 852 g/mol. The van der Waals surface area contributed by atoms with E-state index in [0.717, 1.165) is 0 Å². The highest BCUT2D eigenvalue weighted by Crippen LogP contribution is 2.43. The van der Waals surface area contributed by atoms with Crippen LogP contribution in [0.2, 0.25) is 0 Å². The number of rotatable bonds is 32. The average Bonchev–Trinajstić information content (AvgIpc) is 3.05. The second-order valence-corrected chi connectivity index (χ2v) is 14.8. The maximum absolute atomic E-state index is 12.3. The van der Waals surface area contributed by atoms with E-state index in [1.807, 2.05) is 0 Å². The molecule has 0 aromatic rings. The summed E-state index contributed by atoms with van der Waals surface area (Å²) < 4.78 is 74.9. The predicted octanol–water partition coefficient (Wildman–Crippen LogP) is 1.05. The first-order valence-corrected chi connectivity index (χ1v) is 20.2. The molecule has 0 aliphatic rings. The number of ketones is 2. The van der Waals surface area contributed by atoms with Gasteiger partial charge in [-0.1, -0.05) is 0 Å². The SMILES string of the molecule is CC(=O)CC(=O)O[C@H](COCC[C@@H](C)OC(C)=O)COP(=O)(O)OCCNC(=O)NCCOP(=O)(O)OC[C@@H](COCC[C@@H](C)OC(C)=O)OC(=O)CC(C)=O. The number of carbonyl (C=O) groups is 7. The molecule has 0 heterocycles. The number of phosphoric ester groups is 2. The molecule has 324 valence electrons. The fraction of sp³-hybridized carbons (Fsp3) is 0.774. The maximum Gasteiger partial charge on any atom is 0.472 e. The molecular weight excluding hydrogens is 798 g/mol. The zero-order chi connectivity index (χ0) is 42.7. The number of phosphoric acid groups is 2. The zero-order valence-electron chi connectivity index (χ0n) is 32.3. The number of nitrogens with one attached hydrogen (secondary N) is 2. The van der Waals surface area contributed by atoms with Crippen molar-refractivity contribution in [3.63, 3.8) is 0 Å². The van der Waals surface area contributed by atoms with Crippen LogP contribution in [0.1, 0.15) is 67.2 Å². The van der Waals surface area contributed by atoms with E-state index < -0.39 is 121 Å². The predicted molar refractivity (Wildman–Crippen MR) is 189 cm³/mol. The van der Waals surface area contributed by atoms with Gasteiger partial charge in [-0.2, -0.15) is 0 Å². The zero-order valence-corrected chi connectivity index (χ0v) is 34.0.